The summed E-state index contributed by atoms with van der Waals surface area (Å²) in [7, 11) is 1.26. The van der Waals surface area contributed by atoms with E-state index in [4.69, 9.17) is 11.1 Å². The van der Waals surface area contributed by atoms with Gasteiger partial charge in [0.1, 0.15) is 5.84 Å². The van der Waals surface area contributed by atoms with Gasteiger partial charge in [-0.05, 0) is 59.2 Å². The number of aromatic carboxylic acids is 1. The lowest BCUT2D eigenvalue weighted by molar-refractivity contribution is -0.134. The number of nitrogens with one attached hydrogen (secondary N) is 2. The molecule has 8 heteroatoms. The lowest BCUT2D eigenvalue weighted by Crippen LogP contribution is -2.15. The van der Waals surface area contributed by atoms with Gasteiger partial charge < -0.3 is 20.9 Å². The van der Waals surface area contributed by atoms with E-state index in [-0.39, 0.29) is 17.0 Å². The van der Waals surface area contributed by atoms with Gasteiger partial charge in [-0.3, -0.25) is 10.2 Å². The number of benzene rings is 3. The van der Waals surface area contributed by atoms with Crippen LogP contribution in [0.1, 0.15) is 31.8 Å². The highest BCUT2D eigenvalue weighted by atomic mass is 16.5. The monoisotopic (exact) mass is 443 g/mol. The molecular weight excluding hydrogens is 422 g/mol. The minimum atomic E-state index is -1.12. The molecule has 166 valence electrons. The number of carboxylic acid groups (broad SMARTS) is 1. The Morgan fingerprint density at radius 2 is 1.64 bits per heavy atom. The Kier molecular flexibility index (Phi) is 7.00. The van der Waals surface area contributed by atoms with Crippen molar-refractivity contribution in [3.8, 4) is 11.1 Å². The number of methoxy groups -OCH3 is 1. The Hall–Kier alpha value is -4.72. The highest BCUT2D eigenvalue weighted by Gasteiger charge is 2.18. The van der Waals surface area contributed by atoms with Crippen LogP contribution in [-0.4, -0.2) is 35.9 Å². The number of rotatable bonds is 7. The van der Waals surface area contributed by atoms with Crippen LogP contribution in [0.25, 0.3) is 17.2 Å². The molecule has 0 spiro atoms. The van der Waals surface area contributed by atoms with Crippen molar-refractivity contribution in [3.63, 3.8) is 0 Å². The number of amides is 1. The van der Waals surface area contributed by atoms with Crippen molar-refractivity contribution in [2.24, 2.45) is 5.73 Å². The SMILES string of the molecule is COC(=O)/C=C/c1ccc(-c2ccccc2C(=O)O)c(C(=O)Nc2ccc(C(=N)N)cc2)c1. The Morgan fingerprint density at radius 1 is 0.970 bits per heavy atom. The third-order valence-electron chi connectivity index (χ3n) is 4.80. The minimum Gasteiger partial charge on any atom is -0.478 e. The van der Waals surface area contributed by atoms with Crippen LogP contribution < -0.4 is 11.1 Å². The normalized spacial score (nSPS) is 10.6. The zero-order chi connectivity index (χ0) is 24.0. The highest BCUT2D eigenvalue weighted by molar-refractivity contribution is 6.11. The van der Waals surface area contributed by atoms with Gasteiger partial charge in [0.05, 0.1) is 12.7 Å². The summed E-state index contributed by atoms with van der Waals surface area (Å²) in [5.41, 5.74) is 8.06. The third kappa shape index (κ3) is 5.50. The zero-order valence-electron chi connectivity index (χ0n) is 17.7. The summed E-state index contributed by atoms with van der Waals surface area (Å²) in [6, 6.07) is 17.7. The second kappa shape index (κ2) is 10.1. The molecule has 0 aliphatic heterocycles. The molecule has 8 nitrogen and oxygen atoms in total. The summed E-state index contributed by atoms with van der Waals surface area (Å²) in [6.45, 7) is 0. The first-order valence-electron chi connectivity index (χ1n) is 9.78. The number of carbonyl (C=O) groups excluding carboxylic acids is 2. The van der Waals surface area contributed by atoms with Crippen LogP contribution in [-0.2, 0) is 9.53 Å². The number of hydrogen-bond acceptors (Lipinski definition) is 5. The molecule has 0 bridgehead atoms. The van der Waals surface area contributed by atoms with Gasteiger partial charge in [-0.2, -0.15) is 0 Å². The average Bonchev–Trinajstić information content (AvgIpc) is 2.82. The van der Waals surface area contributed by atoms with E-state index < -0.39 is 17.8 Å². The minimum absolute atomic E-state index is 0.0511. The lowest BCUT2D eigenvalue weighted by Gasteiger charge is -2.14. The first kappa shape index (κ1) is 23.0. The van der Waals surface area contributed by atoms with Gasteiger partial charge in [0.2, 0.25) is 0 Å². The highest BCUT2D eigenvalue weighted by Crippen LogP contribution is 2.29. The van der Waals surface area contributed by atoms with Gasteiger partial charge in [0, 0.05) is 22.9 Å². The summed E-state index contributed by atoms with van der Waals surface area (Å²) in [6.07, 6.45) is 2.72. The van der Waals surface area contributed by atoms with E-state index in [2.05, 4.69) is 10.1 Å². The topological polar surface area (TPSA) is 143 Å². The Bertz CT molecular complexity index is 1260. The maximum atomic E-state index is 13.2. The molecule has 0 heterocycles. The standard InChI is InChI=1S/C25H21N3O5/c1-33-22(29)13-7-15-6-12-19(18-4-2-3-5-20(18)25(31)32)21(14-15)24(30)28-17-10-8-16(9-11-17)23(26)27/h2-14H,1H3,(H3,26,27)(H,28,30)(H,31,32)/b13-7+. The molecule has 3 aromatic carbocycles. The van der Waals surface area contributed by atoms with E-state index in [1.54, 1.807) is 60.7 Å². The molecule has 0 unspecified atom stereocenters. The molecule has 0 atom stereocenters. The molecular formula is C25H21N3O5. The second-order valence-electron chi connectivity index (χ2n) is 6.96. The van der Waals surface area contributed by atoms with Crippen LogP contribution in [0.5, 0.6) is 0 Å². The molecule has 0 fully saturated rings. The molecule has 1 amide bonds. The van der Waals surface area contributed by atoms with E-state index in [0.717, 1.165) is 0 Å². The molecule has 0 saturated carbocycles. The second-order valence-corrected chi connectivity index (χ2v) is 6.96. The van der Waals surface area contributed by atoms with Crippen LogP contribution in [0.3, 0.4) is 0 Å². The van der Waals surface area contributed by atoms with E-state index in [0.29, 0.717) is 27.9 Å². The number of anilines is 1. The van der Waals surface area contributed by atoms with Gasteiger partial charge in [-0.15, -0.1) is 0 Å². The maximum Gasteiger partial charge on any atom is 0.336 e. The molecule has 5 N–H and O–H groups in total. The average molecular weight is 443 g/mol. The van der Waals surface area contributed by atoms with E-state index in [1.807, 2.05) is 0 Å². The van der Waals surface area contributed by atoms with E-state index in [9.17, 15) is 19.5 Å². The van der Waals surface area contributed by atoms with Crippen molar-refractivity contribution < 1.29 is 24.2 Å². The summed E-state index contributed by atoms with van der Waals surface area (Å²) >= 11 is 0. The summed E-state index contributed by atoms with van der Waals surface area (Å²) in [5.74, 6) is -2.24. The number of nitrogens with two attached hydrogens (primary N) is 1. The predicted octanol–water partition coefficient (Wildman–Crippen LogP) is 3.77. The largest absolute Gasteiger partial charge is 0.478 e. The number of ether oxygens (including phenoxy) is 1. The Balaban J connectivity index is 2.06. The van der Waals surface area contributed by atoms with E-state index in [1.165, 1.54) is 25.3 Å². The van der Waals surface area contributed by atoms with Gasteiger partial charge in [0.25, 0.3) is 5.91 Å². The van der Waals surface area contributed by atoms with Crippen LogP contribution in [0, 0.1) is 5.41 Å². The molecule has 0 aliphatic carbocycles. The Morgan fingerprint density at radius 3 is 2.27 bits per heavy atom. The van der Waals surface area contributed by atoms with Crippen molar-refractivity contribution in [1.82, 2.24) is 0 Å². The van der Waals surface area contributed by atoms with Crippen LogP contribution in [0.15, 0.2) is 72.8 Å². The fourth-order valence-electron chi connectivity index (χ4n) is 3.16. The first-order chi connectivity index (χ1) is 15.8. The van der Waals surface area contributed by atoms with Gasteiger partial charge in [0.15, 0.2) is 0 Å². The maximum absolute atomic E-state index is 13.2. The molecule has 0 aromatic heterocycles. The smallest absolute Gasteiger partial charge is 0.336 e. The molecule has 0 aliphatic rings. The van der Waals surface area contributed by atoms with Gasteiger partial charge >= 0.3 is 11.9 Å². The summed E-state index contributed by atoms with van der Waals surface area (Å²) in [5, 5.41) is 19.8. The summed E-state index contributed by atoms with van der Waals surface area (Å²) in [4.78, 5) is 36.4. The molecule has 0 radical (unpaired) electrons. The fraction of sp³-hybridized carbons (Fsp3) is 0.0400. The number of carboxylic acids is 1. The molecule has 3 rings (SSSR count). The van der Waals surface area contributed by atoms with Crippen LogP contribution >= 0.6 is 0 Å². The fourth-order valence-corrected chi connectivity index (χ4v) is 3.16. The number of hydrogen-bond donors (Lipinski definition) is 4. The number of carbonyl (C=O) groups is 3. The lowest BCUT2D eigenvalue weighted by atomic mass is 9.93. The Labute approximate surface area is 189 Å². The predicted molar refractivity (Wildman–Crippen MR) is 125 cm³/mol. The quantitative estimate of drug-likeness (QED) is 0.189. The number of amidine groups is 1. The third-order valence-corrected chi connectivity index (χ3v) is 4.80. The van der Waals surface area contributed by atoms with Crippen molar-refractivity contribution in [2.45, 2.75) is 0 Å². The van der Waals surface area contributed by atoms with Crippen molar-refractivity contribution >= 4 is 35.4 Å². The molecule has 0 saturated heterocycles. The van der Waals surface area contributed by atoms with E-state index >= 15 is 0 Å². The van der Waals surface area contributed by atoms with Gasteiger partial charge in [-0.25, -0.2) is 9.59 Å². The first-order valence-corrected chi connectivity index (χ1v) is 9.78. The molecule has 3 aromatic rings. The summed E-state index contributed by atoms with van der Waals surface area (Å²) < 4.78 is 4.60. The van der Waals surface area contributed by atoms with Crippen molar-refractivity contribution in [1.29, 1.82) is 5.41 Å². The zero-order valence-corrected chi connectivity index (χ0v) is 17.7. The number of nitrogen functional groups attached to an aromatic ring is 1. The van der Waals surface area contributed by atoms with Crippen molar-refractivity contribution in [3.05, 3.63) is 95.1 Å². The van der Waals surface area contributed by atoms with Crippen molar-refractivity contribution in [2.75, 3.05) is 12.4 Å². The van der Waals surface area contributed by atoms with Crippen LogP contribution in [0.4, 0.5) is 5.69 Å². The van der Waals surface area contributed by atoms with Crippen LogP contribution in [0.2, 0.25) is 0 Å². The van der Waals surface area contributed by atoms with Gasteiger partial charge in [-0.1, -0.05) is 30.3 Å². The number of esters is 1. The molecule has 33 heavy (non-hydrogen) atoms.